The Hall–Kier alpha value is -1.92. The molecular weight excluding hydrogens is 326 g/mol. The molecule has 0 spiro atoms. The van der Waals surface area contributed by atoms with E-state index in [0.717, 1.165) is 36.8 Å². The summed E-state index contributed by atoms with van der Waals surface area (Å²) < 4.78 is 1.95. The fourth-order valence-corrected chi connectivity index (χ4v) is 4.61. The minimum absolute atomic E-state index is 0.0402. The quantitative estimate of drug-likeness (QED) is 0.916. The first-order valence-corrected chi connectivity index (χ1v) is 9.62. The van der Waals surface area contributed by atoms with Gasteiger partial charge in [0.2, 0.25) is 0 Å². The maximum atomic E-state index is 13.0. The van der Waals surface area contributed by atoms with Crippen LogP contribution in [0.25, 0.3) is 10.9 Å². The molecule has 26 heavy (non-hydrogen) atoms. The Morgan fingerprint density at radius 1 is 1.15 bits per heavy atom. The van der Waals surface area contributed by atoms with Crippen molar-refractivity contribution in [2.75, 3.05) is 27.2 Å². The van der Waals surface area contributed by atoms with Crippen molar-refractivity contribution in [1.29, 1.82) is 0 Å². The van der Waals surface area contributed by atoms with E-state index in [2.05, 4.69) is 48.2 Å². The average molecular weight is 355 g/mol. The highest BCUT2D eigenvalue weighted by atomic mass is 16.2. The molecule has 1 aromatic carbocycles. The molecule has 0 aliphatic carbocycles. The van der Waals surface area contributed by atoms with Crippen LogP contribution in [0.1, 0.15) is 43.2 Å². The summed E-state index contributed by atoms with van der Waals surface area (Å²) in [6, 6.07) is 9.49. The van der Waals surface area contributed by atoms with Crippen molar-refractivity contribution < 1.29 is 4.79 Å². The summed E-state index contributed by atoms with van der Waals surface area (Å²) in [5, 5.41) is 8.86. The zero-order valence-corrected chi connectivity index (χ0v) is 16.1. The molecule has 2 saturated heterocycles. The molecule has 2 aromatic rings. The van der Waals surface area contributed by atoms with Gasteiger partial charge in [-0.15, -0.1) is 0 Å². The summed E-state index contributed by atoms with van der Waals surface area (Å²) in [6.45, 7) is 6.33. The van der Waals surface area contributed by atoms with Gasteiger partial charge < -0.3 is 10.2 Å². The lowest BCUT2D eigenvalue weighted by molar-refractivity contribution is 0.00837. The molecule has 4 rings (SSSR count). The summed E-state index contributed by atoms with van der Waals surface area (Å²) in [4.78, 5) is 17.9. The lowest BCUT2D eigenvalue weighted by Crippen LogP contribution is -2.63. The molecule has 2 unspecified atom stereocenters. The average Bonchev–Trinajstić information content (AvgIpc) is 2.97. The molecule has 2 aliphatic rings. The van der Waals surface area contributed by atoms with Crippen LogP contribution < -0.4 is 5.32 Å². The Morgan fingerprint density at radius 2 is 1.81 bits per heavy atom. The van der Waals surface area contributed by atoms with Gasteiger partial charge in [-0.25, -0.2) is 0 Å². The molecule has 2 fully saturated rings. The SMILES string of the molecule is CC(C)n1nc(C(=O)NC2CC3CN(C)CC(C2)N3C)c2ccccc21. The highest BCUT2D eigenvalue weighted by Crippen LogP contribution is 2.28. The van der Waals surface area contributed by atoms with Crippen LogP contribution in [-0.2, 0) is 0 Å². The van der Waals surface area contributed by atoms with E-state index in [-0.39, 0.29) is 18.0 Å². The van der Waals surface area contributed by atoms with Gasteiger partial charge in [0.1, 0.15) is 0 Å². The number of carbonyl (C=O) groups is 1. The number of aromatic nitrogens is 2. The zero-order chi connectivity index (χ0) is 18.4. The summed E-state index contributed by atoms with van der Waals surface area (Å²) in [5.41, 5.74) is 1.57. The Bertz CT molecular complexity index is 798. The Kier molecular flexibility index (Phi) is 4.49. The Balaban J connectivity index is 1.55. The van der Waals surface area contributed by atoms with Gasteiger partial charge in [0.05, 0.1) is 5.52 Å². The van der Waals surface area contributed by atoms with Crippen molar-refractivity contribution in [2.45, 2.75) is 50.9 Å². The highest BCUT2D eigenvalue weighted by molar-refractivity contribution is 6.05. The van der Waals surface area contributed by atoms with Gasteiger partial charge in [-0.2, -0.15) is 5.10 Å². The van der Waals surface area contributed by atoms with Crippen LogP contribution >= 0.6 is 0 Å². The topological polar surface area (TPSA) is 53.4 Å². The molecule has 1 N–H and O–H groups in total. The number of nitrogens with zero attached hydrogens (tertiary/aromatic N) is 4. The number of fused-ring (bicyclic) bond motifs is 3. The third-order valence-corrected chi connectivity index (χ3v) is 5.96. The van der Waals surface area contributed by atoms with Crippen LogP contribution in [0.15, 0.2) is 24.3 Å². The summed E-state index contributed by atoms with van der Waals surface area (Å²) in [5.74, 6) is -0.0402. The first kappa shape index (κ1) is 17.5. The number of carbonyl (C=O) groups excluding carboxylic acids is 1. The number of amides is 1. The molecule has 0 radical (unpaired) electrons. The van der Waals surface area contributed by atoms with Crippen LogP contribution in [-0.4, -0.2) is 70.8 Å². The number of likely N-dealkylation sites (tertiary alicyclic amines) is 1. The van der Waals surface area contributed by atoms with Crippen molar-refractivity contribution in [3.05, 3.63) is 30.0 Å². The molecule has 0 saturated carbocycles. The maximum Gasteiger partial charge on any atom is 0.272 e. The number of likely N-dealkylation sites (N-methyl/N-ethyl adjacent to an activating group) is 2. The van der Waals surface area contributed by atoms with Crippen LogP contribution in [0, 0.1) is 0 Å². The van der Waals surface area contributed by atoms with Crippen molar-refractivity contribution >= 4 is 16.8 Å². The van der Waals surface area contributed by atoms with Crippen LogP contribution in [0.3, 0.4) is 0 Å². The first-order chi connectivity index (χ1) is 12.4. The number of hydrogen-bond donors (Lipinski definition) is 1. The van der Waals surface area contributed by atoms with Gasteiger partial charge in [0.15, 0.2) is 5.69 Å². The zero-order valence-electron chi connectivity index (χ0n) is 16.1. The number of para-hydroxylation sites is 1. The minimum atomic E-state index is -0.0402. The minimum Gasteiger partial charge on any atom is -0.348 e. The van der Waals surface area contributed by atoms with Crippen LogP contribution in [0.2, 0.25) is 0 Å². The van der Waals surface area contributed by atoms with Crippen LogP contribution in [0.4, 0.5) is 0 Å². The van der Waals surface area contributed by atoms with Gasteiger partial charge >= 0.3 is 0 Å². The van der Waals surface area contributed by atoms with E-state index in [9.17, 15) is 4.79 Å². The fourth-order valence-electron chi connectivity index (χ4n) is 4.61. The third kappa shape index (κ3) is 3.01. The second-order valence-electron chi connectivity index (χ2n) is 8.24. The second-order valence-corrected chi connectivity index (χ2v) is 8.24. The molecule has 2 aliphatic heterocycles. The molecule has 6 nitrogen and oxygen atoms in total. The monoisotopic (exact) mass is 355 g/mol. The van der Waals surface area contributed by atoms with E-state index in [1.807, 2.05) is 28.9 Å². The molecule has 140 valence electrons. The normalized spacial score (nSPS) is 27.2. The highest BCUT2D eigenvalue weighted by Gasteiger charge is 2.38. The maximum absolute atomic E-state index is 13.0. The van der Waals surface area contributed by atoms with Gasteiger partial charge in [-0.3, -0.25) is 14.4 Å². The lowest BCUT2D eigenvalue weighted by Gasteiger charge is -2.50. The fraction of sp³-hybridized carbons (Fsp3) is 0.600. The predicted molar refractivity (Wildman–Crippen MR) is 103 cm³/mol. The second kappa shape index (κ2) is 6.67. The van der Waals surface area contributed by atoms with Gasteiger partial charge in [0, 0.05) is 42.6 Å². The molecule has 2 bridgehead atoms. The summed E-state index contributed by atoms with van der Waals surface area (Å²) >= 11 is 0. The summed E-state index contributed by atoms with van der Waals surface area (Å²) in [7, 11) is 4.41. The number of piperidine rings is 1. The van der Waals surface area contributed by atoms with Gasteiger partial charge in [-0.05, 0) is 46.9 Å². The molecule has 6 heteroatoms. The van der Waals surface area contributed by atoms with E-state index in [4.69, 9.17) is 0 Å². The van der Waals surface area contributed by atoms with Crippen molar-refractivity contribution in [3.63, 3.8) is 0 Å². The first-order valence-electron chi connectivity index (χ1n) is 9.62. The number of hydrogen-bond acceptors (Lipinski definition) is 4. The van der Waals surface area contributed by atoms with E-state index >= 15 is 0 Å². The number of rotatable bonds is 3. The van der Waals surface area contributed by atoms with Crippen molar-refractivity contribution in [3.8, 4) is 0 Å². The third-order valence-electron chi connectivity index (χ3n) is 5.96. The predicted octanol–water partition coefficient (Wildman–Crippen LogP) is 2.12. The molecule has 2 atom stereocenters. The molecule has 1 aromatic heterocycles. The van der Waals surface area contributed by atoms with Crippen LogP contribution in [0.5, 0.6) is 0 Å². The molecular formula is C20H29N5O. The number of nitrogens with one attached hydrogen (secondary N) is 1. The van der Waals surface area contributed by atoms with E-state index in [1.54, 1.807) is 0 Å². The van der Waals surface area contributed by atoms with Crippen molar-refractivity contribution in [1.82, 2.24) is 24.9 Å². The molecule has 1 amide bonds. The summed E-state index contributed by atoms with van der Waals surface area (Å²) in [6.07, 6.45) is 2.01. The lowest BCUT2D eigenvalue weighted by atomic mass is 9.88. The number of piperazine rings is 1. The van der Waals surface area contributed by atoms with Crippen molar-refractivity contribution in [2.24, 2.45) is 0 Å². The Morgan fingerprint density at radius 3 is 2.46 bits per heavy atom. The molecule has 3 heterocycles. The largest absolute Gasteiger partial charge is 0.348 e. The van der Waals surface area contributed by atoms with E-state index in [0.29, 0.717) is 17.8 Å². The van der Waals surface area contributed by atoms with E-state index in [1.165, 1.54) is 0 Å². The smallest absolute Gasteiger partial charge is 0.272 e. The van der Waals surface area contributed by atoms with Gasteiger partial charge in [0.25, 0.3) is 5.91 Å². The van der Waals surface area contributed by atoms with E-state index < -0.39 is 0 Å². The standard InChI is InChI=1S/C20H29N5O/c1-13(2)25-18-8-6-5-7-17(18)19(22-25)20(26)21-14-9-15-11-23(3)12-16(10-14)24(15)4/h5-8,13-16H,9-12H2,1-4H3,(H,21,26). The number of benzene rings is 1. The Labute approximate surface area is 155 Å². The van der Waals surface area contributed by atoms with Gasteiger partial charge in [-0.1, -0.05) is 18.2 Å².